The van der Waals surface area contributed by atoms with Gasteiger partial charge < -0.3 is 15.4 Å². The zero-order valence-corrected chi connectivity index (χ0v) is 11.4. The molecule has 1 aromatic rings. The fraction of sp³-hybridized carbons (Fsp3) is 0.643. The highest BCUT2D eigenvalue weighted by Gasteiger charge is 2.16. The van der Waals surface area contributed by atoms with E-state index in [0.717, 1.165) is 36.8 Å². The van der Waals surface area contributed by atoms with Gasteiger partial charge in [-0.3, -0.25) is 0 Å². The maximum atomic E-state index is 5.71. The largest absolute Gasteiger partial charge is 0.381 e. The van der Waals surface area contributed by atoms with Gasteiger partial charge in [0.15, 0.2) is 0 Å². The van der Waals surface area contributed by atoms with Crippen molar-refractivity contribution < 1.29 is 4.74 Å². The summed E-state index contributed by atoms with van der Waals surface area (Å²) < 4.78 is 5.52. The minimum atomic E-state index is 0.566. The number of nitrogens with two attached hydrogens (primary N) is 1. The van der Waals surface area contributed by atoms with Gasteiger partial charge in [0.05, 0.1) is 6.61 Å². The van der Waals surface area contributed by atoms with E-state index in [-0.39, 0.29) is 0 Å². The molecule has 1 atom stereocenters. The fourth-order valence-corrected chi connectivity index (χ4v) is 2.47. The Bertz CT molecular complexity index is 389. The SMILES string of the molecule is Cc1cc(CN)cc(N(C)CC2CCCOC2)n1. The van der Waals surface area contributed by atoms with Gasteiger partial charge in [-0.2, -0.15) is 0 Å². The van der Waals surface area contributed by atoms with Crippen LogP contribution in [0.25, 0.3) is 0 Å². The Kier molecular flexibility index (Phi) is 4.55. The molecule has 1 aliphatic rings. The Morgan fingerprint density at radius 1 is 1.50 bits per heavy atom. The molecule has 4 heteroatoms. The molecule has 1 unspecified atom stereocenters. The van der Waals surface area contributed by atoms with Crippen LogP contribution in [0.1, 0.15) is 24.1 Å². The molecule has 0 aliphatic carbocycles. The van der Waals surface area contributed by atoms with Crippen LogP contribution in [0, 0.1) is 12.8 Å². The summed E-state index contributed by atoms with van der Waals surface area (Å²) >= 11 is 0. The second kappa shape index (κ2) is 6.16. The number of aryl methyl sites for hydroxylation is 1. The first-order valence-electron chi connectivity index (χ1n) is 6.65. The van der Waals surface area contributed by atoms with Crippen molar-refractivity contribution in [2.75, 3.05) is 31.7 Å². The summed E-state index contributed by atoms with van der Waals surface area (Å²) in [6.45, 7) is 5.37. The standard InChI is InChI=1S/C14H23N3O/c1-11-6-13(8-15)7-14(16-11)17(2)9-12-4-3-5-18-10-12/h6-7,12H,3-5,8-10,15H2,1-2H3. The summed E-state index contributed by atoms with van der Waals surface area (Å²) in [5.41, 5.74) is 7.88. The predicted octanol–water partition coefficient (Wildman–Crippen LogP) is 1.71. The third kappa shape index (κ3) is 3.43. The molecule has 0 spiro atoms. The molecule has 0 bridgehead atoms. The highest BCUT2D eigenvalue weighted by atomic mass is 16.5. The van der Waals surface area contributed by atoms with Crippen LogP contribution < -0.4 is 10.6 Å². The third-order valence-electron chi connectivity index (χ3n) is 3.41. The lowest BCUT2D eigenvalue weighted by Gasteiger charge is -2.28. The van der Waals surface area contributed by atoms with Crippen molar-refractivity contribution in [3.8, 4) is 0 Å². The number of anilines is 1. The van der Waals surface area contributed by atoms with Gasteiger partial charge in [-0.25, -0.2) is 4.98 Å². The van der Waals surface area contributed by atoms with E-state index >= 15 is 0 Å². The Labute approximate surface area is 109 Å². The van der Waals surface area contributed by atoms with Crippen molar-refractivity contribution in [2.24, 2.45) is 11.7 Å². The summed E-state index contributed by atoms with van der Waals surface area (Å²) in [7, 11) is 2.09. The van der Waals surface area contributed by atoms with Crippen LogP contribution in [0.4, 0.5) is 5.82 Å². The van der Waals surface area contributed by atoms with Crippen LogP contribution in [0.15, 0.2) is 12.1 Å². The number of hydrogen-bond acceptors (Lipinski definition) is 4. The maximum absolute atomic E-state index is 5.71. The molecule has 2 heterocycles. The van der Waals surface area contributed by atoms with Gasteiger partial charge in [0.1, 0.15) is 5.82 Å². The molecular formula is C14H23N3O. The normalized spacial score (nSPS) is 19.8. The first kappa shape index (κ1) is 13.3. The van der Waals surface area contributed by atoms with Crippen LogP contribution in [-0.4, -0.2) is 31.8 Å². The van der Waals surface area contributed by atoms with E-state index in [4.69, 9.17) is 10.5 Å². The zero-order chi connectivity index (χ0) is 13.0. The molecule has 0 amide bonds. The van der Waals surface area contributed by atoms with E-state index in [1.54, 1.807) is 0 Å². The van der Waals surface area contributed by atoms with Gasteiger partial charge in [0.2, 0.25) is 0 Å². The van der Waals surface area contributed by atoms with Gasteiger partial charge in [-0.15, -0.1) is 0 Å². The van der Waals surface area contributed by atoms with Gasteiger partial charge in [-0.05, 0) is 43.4 Å². The van der Waals surface area contributed by atoms with E-state index < -0.39 is 0 Å². The number of nitrogens with zero attached hydrogens (tertiary/aromatic N) is 2. The molecule has 1 aromatic heterocycles. The van der Waals surface area contributed by atoms with Crippen LogP contribution in [0.3, 0.4) is 0 Å². The number of ether oxygens (including phenoxy) is 1. The van der Waals surface area contributed by atoms with E-state index in [1.165, 1.54) is 12.8 Å². The highest BCUT2D eigenvalue weighted by Crippen LogP contribution is 2.19. The second-order valence-electron chi connectivity index (χ2n) is 5.14. The highest BCUT2D eigenvalue weighted by molar-refractivity contribution is 5.41. The summed E-state index contributed by atoms with van der Waals surface area (Å²) in [5.74, 6) is 1.63. The van der Waals surface area contributed by atoms with Crippen molar-refractivity contribution in [3.05, 3.63) is 23.4 Å². The lowest BCUT2D eigenvalue weighted by Crippen LogP contribution is -2.31. The zero-order valence-electron chi connectivity index (χ0n) is 11.4. The number of hydrogen-bond donors (Lipinski definition) is 1. The Hall–Kier alpha value is -1.13. The smallest absolute Gasteiger partial charge is 0.128 e. The van der Waals surface area contributed by atoms with Crippen LogP contribution >= 0.6 is 0 Å². The molecule has 0 aromatic carbocycles. The first-order valence-corrected chi connectivity index (χ1v) is 6.65. The molecule has 2 N–H and O–H groups in total. The van der Waals surface area contributed by atoms with Crippen molar-refractivity contribution in [1.82, 2.24) is 4.98 Å². The quantitative estimate of drug-likeness (QED) is 0.882. The predicted molar refractivity (Wildman–Crippen MR) is 73.7 cm³/mol. The lowest BCUT2D eigenvalue weighted by atomic mass is 10.0. The molecule has 2 rings (SSSR count). The average molecular weight is 249 g/mol. The van der Waals surface area contributed by atoms with Gasteiger partial charge in [0.25, 0.3) is 0 Å². The van der Waals surface area contributed by atoms with E-state index in [2.05, 4.69) is 23.0 Å². The molecule has 0 radical (unpaired) electrons. The number of pyridine rings is 1. The van der Waals surface area contributed by atoms with Crippen LogP contribution in [0.2, 0.25) is 0 Å². The minimum Gasteiger partial charge on any atom is -0.381 e. The molecule has 18 heavy (non-hydrogen) atoms. The molecule has 0 saturated carbocycles. The molecule has 1 aliphatic heterocycles. The second-order valence-corrected chi connectivity index (χ2v) is 5.14. The van der Waals surface area contributed by atoms with Crippen molar-refractivity contribution >= 4 is 5.82 Å². The van der Waals surface area contributed by atoms with Crippen molar-refractivity contribution in [2.45, 2.75) is 26.3 Å². The van der Waals surface area contributed by atoms with E-state index in [1.807, 2.05) is 13.0 Å². The van der Waals surface area contributed by atoms with Gasteiger partial charge in [0, 0.05) is 32.4 Å². The summed E-state index contributed by atoms with van der Waals surface area (Å²) in [6.07, 6.45) is 2.42. The molecule has 4 nitrogen and oxygen atoms in total. The van der Waals surface area contributed by atoms with E-state index in [9.17, 15) is 0 Å². The first-order chi connectivity index (χ1) is 8.69. The van der Waals surface area contributed by atoms with Crippen molar-refractivity contribution in [1.29, 1.82) is 0 Å². The van der Waals surface area contributed by atoms with Crippen LogP contribution in [-0.2, 0) is 11.3 Å². The molecule has 1 saturated heterocycles. The van der Waals surface area contributed by atoms with Crippen LogP contribution in [0.5, 0.6) is 0 Å². The van der Waals surface area contributed by atoms with Gasteiger partial charge in [-0.1, -0.05) is 0 Å². The molecular weight excluding hydrogens is 226 g/mol. The minimum absolute atomic E-state index is 0.566. The fourth-order valence-electron chi connectivity index (χ4n) is 2.47. The Morgan fingerprint density at radius 3 is 3.00 bits per heavy atom. The monoisotopic (exact) mass is 249 g/mol. The lowest BCUT2D eigenvalue weighted by molar-refractivity contribution is 0.0576. The summed E-state index contributed by atoms with van der Waals surface area (Å²) in [5, 5.41) is 0. The molecule has 100 valence electrons. The van der Waals surface area contributed by atoms with Gasteiger partial charge >= 0.3 is 0 Å². The summed E-state index contributed by atoms with van der Waals surface area (Å²) in [4.78, 5) is 6.79. The number of rotatable bonds is 4. The van der Waals surface area contributed by atoms with Crippen molar-refractivity contribution in [3.63, 3.8) is 0 Å². The number of aromatic nitrogens is 1. The topological polar surface area (TPSA) is 51.4 Å². The molecule has 1 fully saturated rings. The summed E-state index contributed by atoms with van der Waals surface area (Å²) in [6, 6.07) is 4.12. The van der Waals surface area contributed by atoms with E-state index in [0.29, 0.717) is 12.5 Å². The maximum Gasteiger partial charge on any atom is 0.128 e. The Balaban J connectivity index is 2.02. The Morgan fingerprint density at radius 2 is 2.33 bits per heavy atom. The average Bonchev–Trinajstić information content (AvgIpc) is 2.39. The third-order valence-corrected chi connectivity index (χ3v) is 3.41.